The molecule has 8 heteroatoms. The summed E-state index contributed by atoms with van der Waals surface area (Å²) in [5.41, 5.74) is 0. The molecule has 2 heterocycles. The van der Waals surface area contributed by atoms with Crippen molar-refractivity contribution < 1.29 is 10.2 Å². The summed E-state index contributed by atoms with van der Waals surface area (Å²) < 4.78 is 1.36. The second kappa shape index (κ2) is 15.6. The van der Waals surface area contributed by atoms with E-state index >= 15 is 0 Å². The van der Waals surface area contributed by atoms with Gasteiger partial charge in [0.15, 0.2) is 0 Å². The predicted molar refractivity (Wildman–Crippen MR) is 156 cm³/mol. The van der Waals surface area contributed by atoms with Crippen molar-refractivity contribution in [3.05, 3.63) is 20.6 Å². The quantitative estimate of drug-likeness (QED) is 0.211. The van der Waals surface area contributed by atoms with Crippen molar-refractivity contribution in [2.45, 2.75) is 83.9 Å². The van der Waals surface area contributed by atoms with E-state index in [0.717, 1.165) is 60.9 Å². The van der Waals surface area contributed by atoms with E-state index in [1.54, 1.807) is 9.81 Å². The number of allylic oxidation sites excluding steroid dienone is 2. The summed E-state index contributed by atoms with van der Waals surface area (Å²) in [4.78, 5) is 3.09. The Labute approximate surface area is 221 Å². The van der Waals surface area contributed by atoms with Crippen LogP contribution in [-0.4, -0.2) is 55.6 Å². The fourth-order valence-electron chi connectivity index (χ4n) is 4.90. The molecular formula is C24H40O2S6. The first-order chi connectivity index (χ1) is 15.7. The molecule has 32 heavy (non-hydrogen) atoms. The van der Waals surface area contributed by atoms with Gasteiger partial charge in [-0.25, -0.2) is 0 Å². The van der Waals surface area contributed by atoms with Gasteiger partial charge < -0.3 is 10.2 Å². The molecule has 184 valence electrons. The number of aliphatic hydroxyl groups is 2. The molecule has 4 atom stereocenters. The van der Waals surface area contributed by atoms with Crippen LogP contribution in [0, 0.1) is 11.8 Å². The number of hydrogen-bond acceptors (Lipinski definition) is 8. The maximum Gasteiger partial charge on any atom is 0.0709 e. The Morgan fingerprint density at radius 1 is 0.750 bits per heavy atom. The zero-order valence-corrected chi connectivity index (χ0v) is 24.3. The number of aliphatic hydroxyl groups excluding tert-OH is 2. The molecule has 0 aromatic rings. The summed E-state index contributed by atoms with van der Waals surface area (Å²) >= 11 is 12.6. The zero-order chi connectivity index (χ0) is 22.8. The van der Waals surface area contributed by atoms with Crippen LogP contribution < -0.4 is 0 Å². The third-order valence-electron chi connectivity index (χ3n) is 6.69. The van der Waals surface area contributed by atoms with Crippen molar-refractivity contribution in [2.75, 3.05) is 25.7 Å². The van der Waals surface area contributed by atoms with Gasteiger partial charge in [0.2, 0.25) is 0 Å². The van der Waals surface area contributed by atoms with Crippen molar-refractivity contribution in [1.29, 1.82) is 0 Å². The first-order valence-corrected chi connectivity index (χ1v) is 18.2. The molecule has 0 amide bonds. The maximum atomic E-state index is 9.04. The fraction of sp³-hybridized carbons (Fsp3) is 0.833. The average Bonchev–Trinajstić information content (AvgIpc) is 3.47. The Morgan fingerprint density at radius 3 is 1.50 bits per heavy atom. The Balaban J connectivity index is 1.43. The van der Waals surface area contributed by atoms with Crippen molar-refractivity contribution in [2.24, 2.45) is 11.8 Å². The molecule has 0 aromatic heterocycles. The Bertz CT molecular complexity index is 553. The van der Waals surface area contributed by atoms with Gasteiger partial charge in [-0.3, -0.25) is 0 Å². The average molecular weight is 553 g/mol. The predicted octanol–water partition coefficient (Wildman–Crippen LogP) is 7.88. The van der Waals surface area contributed by atoms with Crippen molar-refractivity contribution >= 4 is 70.6 Å². The first kappa shape index (κ1) is 28.1. The fourth-order valence-corrected chi connectivity index (χ4v) is 14.4. The molecule has 4 unspecified atom stereocenters. The van der Waals surface area contributed by atoms with Gasteiger partial charge in [0, 0.05) is 23.7 Å². The first-order valence-electron chi connectivity index (χ1n) is 12.0. The zero-order valence-electron chi connectivity index (χ0n) is 19.4. The van der Waals surface area contributed by atoms with Crippen LogP contribution in [0.3, 0.4) is 0 Å². The van der Waals surface area contributed by atoms with Gasteiger partial charge in [-0.1, -0.05) is 0 Å². The molecule has 1 aliphatic carbocycles. The monoisotopic (exact) mass is 552 g/mol. The van der Waals surface area contributed by atoms with Crippen LogP contribution in [0.1, 0.15) is 64.2 Å². The van der Waals surface area contributed by atoms with Crippen LogP contribution in [0.2, 0.25) is 0 Å². The van der Waals surface area contributed by atoms with Gasteiger partial charge in [-0.05, 0) is 109 Å². The standard InChI is InChI=1S/C24H40O2S6/c1-27-21(23-29-15-19(31-23)7-3-5-13-25)17-9-11-18(12-10-17)22(28-2)24-30-16-20(32-24)8-4-6-14-26/h15-18,21-26H,3-14H2,1-2H3. The summed E-state index contributed by atoms with van der Waals surface area (Å²) in [6.07, 6.45) is 16.6. The third kappa shape index (κ3) is 8.28. The van der Waals surface area contributed by atoms with E-state index in [1.807, 2.05) is 0 Å². The summed E-state index contributed by atoms with van der Waals surface area (Å²) in [6, 6.07) is 0. The van der Waals surface area contributed by atoms with Crippen molar-refractivity contribution in [3.8, 4) is 0 Å². The van der Waals surface area contributed by atoms with Crippen LogP contribution in [0.15, 0.2) is 20.6 Å². The van der Waals surface area contributed by atoms with Crippen LogP contribution in [0.5, 0.6) is 0 Å². The Morgan fingerprint density at radius 2 is 1.16 bits per heavy atom. The van der Waals surface area contributed by atoms with Gasteiger partial charge >= 0.3 is 0 Å². The highest BCUT2D eigenvalue weighted by Gasteiger charge is 2.39. The number of hydrogen-bond donors (Lipinski definition) is 2. The van der Waals surface area contributed by atoms with E-state index in [2.05, 4.69) is 93.9 Å². The van der Waals surface area contributed by atoms with E-state index in [9.17, 15) is 0 Å². The smallest absolute Gasteiger partial charge is 0.0709 e. The van der Waals surface area contributed by atoms with E-state index in [0.29, 0.717) is 22.4 Å². The molecule has 3 rings (SSSR count). The summed E-state index contributed by atoms with van der Waals surface area (Å²) in [5, 5.41) is 24.4. The van der Waals surface area contributed by atoms with Crippen molar-refractivity contribution in [1.82, 2.24) is 0 Å². The van der Waals surface area contributed by atoms with Gasteiger partial charge in [0.05, 0.1) is 9.16 Å². The summed E-state index contributed by atoms with van der Waals surface area (Å²) in [5.74, 6) is 1.71. The van der Waals surface area contributed by atoms with Crippen LogP contribution in [-0.2, 0) is 0 Å². The van der Waals surface area contributed by atoms with Crippen LogP contribution in [0.4, 0.5) is 0 Å². The van der Waals surface area contributed by atoms with E-state index in [1.165, 1.54) is 25.7 Å². The van der Waals surface area contributed by atoms with E-state index < -0.39 is 0 Å². The topological polar surface area (TPSA) is 40.5 Å². The minimum Gasteiger partial charge on any atom is -0.396 e. The molecule has 1 fully saturated rings. The Hall–Kier alpha value is 1.50. The molecule has 3 aliphatic rings. The minimum atomic E-state index is 0.321. The van der Waals surface area contributed by atoms with Crippen LogP contribution in [0.25, 0.3) is 0 Å². The van der Waals surface area contributed by atoms with Gasteiger partial charge in [0.25, 0.3) is 0 Å². The third-order valence-corrected chi connectivity index (χ3v) is 15.6. The number of rotatable bonds is 14. The lowest BCUT2D eigenvalue weighted by atomic mass is 9.79. The van der Waals surface area contributed by atoms with E-state index in [4.69, 9.17) is 10.2 Å². The second-order valence-corrected chi connectivity index (χ2v) is 16.0. The normalized spacial score (nSPS) is 30.2. The lowest BCUT2D eigenvalue weighted by Gasteiger charge is -2.39. The molecule has 2 N–H and O–H groups in total. The van der Waals surface area contributed by atoms with Crippen molar-refractivity contribution in [3.63, 3.8) is 0 Å². The highest BCUT2D eigenvalue weighted by molar-refractivity contribution is 8.24. The minimum absolute atomic E-state index is 0.321. The van der Waals surface area contributed by atoms with Gasteiger partial charge in [-0.15, -0.1) is 47.0 Å². The lowest BCUT2D eigenvalue weighted by Crippen LogP contribution is -2.34. The van der Waals surface area contributed by atoms with E-state index in [-0.39, 0.29) is 0 Å². The molecule has 0 aromatic carbocycles. The molecule has 0 bridgehead atoms. The number of unbranched alkanes of at least 4 members (excludes halogenated alkanes) is 2. The van der Waals surface area contributed by atoms with Gasteiger partial charge in [-0.2, -0.15) is 23.5 Å². The Kier molecular flexibility index (Phi) is 13.7. The van der Waals surface area contributed by atoms with Crippen LogP contribution >= 0.6 is 70.6 Å². The highest BCUT2D eigenvalue weighted by atomic mass is 32.2. The lowest BCUT2D eigenvalue weighted by molar-refractivity contribution is 0.272. The molecule has 1 saturated carbocycles. The molecule has 2 aliphatic heterocycles. The molecular weight excluding hydrogens is 513 g/mol. The molecule has 0 radical (unpaired) electrons. The molecule has 2 nitrogen and oxygen atoms in total. The summed E-state index contributed by atoms with van der Waals surface area (Å²) in [6.45, 7) is 0.641. The summed E-state index contributed by atoms with van der Waals surface area (Å²) in [7, 11) is 0. The molecule has 0 saturated heterocycles. The number of thioether (sulfide) groups is 6. The SMILES string of the molecule is CSC(C1CCC(C(SC)C2SC=C(CCCCO)S2)CC1)C1SC=C(CCCCO)S1. The molecule has 0 spiro atoms. The largest absolute Gasteiger partial charge is 0.396 e. The second-order valence-electron chi connectivity index (χ2n) is 8.85. The highest BCUT2D eigenvalue weighted by Crippen LogP contribution is 2.53. The maximum absolute atomic E-state index is 9.04. The van der Waals surface area contributed by atoms with Gasteiger partial charge in [0.1, 0.15) is 0 Å².